The molecular formula is C28H26N2O7S. The first-order chi connectivity index (χ1) is 18.3. The Bertz CT molecular complexity index is 1430. The fourth-order valence-corrected chi connectivity index (χ4v) is 4.97. The van der Waals surface area contributed by atoms with E-state index in [2.05, 4.69) is 11.6 Å². The van der Waals surface area contributed by atoms with Gasteiger partial charge in [0.1, 0.15) is 28.7 Å². The maximum absolute atomic E-state index is 13.4. The van der Waals surface area contributed by atoms with Crippen LogP contribution in [0.2, 0.25) is 0 Å². The van der Waals surface area contributed by atoms with Gasteiger partial charge in [0.25, 0.3) is 5.78 Å². The van der Waals surface area contributed by atoms with E-state index in [4.69, 9.17) is 9.47 Å². The molecule has 1 fully saturated rings. The Morgan fingerprint density at radius 2 is 1.95 bits per heavy atom. The smallest absolute Gasteiger partial charge is 0.350 e. The molecule has 1 atom stereocenters. The van der Waals surface area contributed by atoms with E-state index < -0.39 is 23.7 Å². The third kappa shape index (κ3) is 5.16. The number of aromatic nitrogens is 1. The molecule has 2 heterocycles. The van der Waals surface area contributed by atoms with Crippen molar-refractivity contribution in [3.8, 4) is 11.5 Å². The van der Waals surface area contributed by atoms with Crippen molar-refractivity contribution in [2.45, 2.75) is 26.3 Å². The number of aliphatic hydroxyl groups is 1. The molecule has 196 valence electrons. The number of nitrogens with zero attached hydrogens (tertiary/aromatic N) is 2. The average Bonchev–Trinajstić information content (AvgIpc) is 3.42. The van der Waals surface area contributed by atoms with Crippen molar-refractivity contribution in [1.29, 1.82) is 0 Å². The van der Waals surface area contributed by atoms with E-state index in [0.29, 0.717) is 29.2 Å². The van der Waals surface area contributed by atoms with Crippen LogP contribution in [-0.4, -0.2) is 46.1 Å². The largest absolute Gasteiger partial charge is 0.508 e. The first-order valence-electron chi connectivity index (χ1n) is 11.8. The Kier molecular flexibility index (Phi) is 7.92. The maximum Gasteiger partial charge on any atom is 0.350 e. The topological polar surface area (TPSA) is 126 Å². The van der Waals surface area contributed by atoms with Crippen LogP contribution < -0.4 is 9.64 Å². The van der Waals surface area contributed by atoms with Gasteiger partial charge in [-0.15, -0.1) is 0 Å². The molecule has 1 amide bonds. The van der Waals surface area contributed by atoms with Gasteiger partial charge in [0.05, 0.1) is 23.9 Å². The molecule has 1 unspecified atom stereocenters. The van der Waals surface area contributed by atoms with Crippen molar-refractivity contribution in [2.75, 3.05) is 18.1 Å². The zero-order valence-electron chi connectivity index (χ0n) is 20.8. The van der Waals surface area contributed by atoms with E-state index in [0.717, 1.165) is 22.7 Å². The Morgan fingerprint density at radius 3 is 2.63 bits per heavy atom. The number of esters is 1. The molecule has 1 aromatic heterocycles. The standard InChI is InChI=1S/C28H26N2O7S/c1-4-13-36-20-8-6-7-18(15-20)23(32)21-22(17-9-11-19(31)12-10-17)30(26(34)24(21)33)28-29-16(3)25(38-28)27(35)37-14-5-2/h5-12,15,22,31-32H,2,4,13-14H2,1,3H3. The van der Waals surface area contributed by atoms with Crippen molar-refractivity contribution >= 4 is 39.9 Å². The van der Waals surface area contributed by atoms with Gasteiger partial charge >= 0.3 is 11.9 Å². The number of carbonyl (C=O) groups excluding carboxylic acids is 3. The summed E-state index contributed by atoms with van der Waals surface area (Å²) in [4.78, 5) is 44.9. The normalized spacial score (nSPS) is 16.5. The average molecular weight is 535 g/mol. The number of aromatic hydroxyl groups is 1. The monoisotopic (exact) mass is 534 g/mol. The van der Waals surface area contributed by atoms with Crippen molar-refractivity contribution in [3.63, 3.8) is 0 Å². The minimum atomic E-state index is -1.07. The summed E-state index contributed by atoms with van der Waals surface area (Å²) in [5.74, 6) is -2.35. The van der Waals surface area contributed by atoms with Gasteiger partial charge in [0, 0.05) is 5.56 Å². The number of phenolic OH excluding ortho intramolecular Hbond substituents is 1. The van der Waals surface area contributed by atoms with Gasteiger partial charge in [-0.2, -0.15) is 0 Å². The molecule has 2 N–H and O–H groups in total. The Hall–Kier alpha value is -4.44. The number of ketones is 1. The third-order valence-corrected chi connectivity index (χ3v) is 6.88. The summed E-state index contributed by atoms with van der Waals surface area (Å²) >= 11 is 0.903. The van der Waals surface area contributed by atoms with Crippen LogP contribution in [0.1, 0.15) is 45.9 Å². The molecule has 0 bridgehead atoms. The predicted molar refractivity (Wildman–Crippen MR) is 142 cm³/mol. The van der Waals surface area contributed by atoms with Crippen molar-refractivity contribution in [2.24, 2.45) is 0 Å². The third-order valence-electron chi connectivity index (χ3n) is 5.74. The summed E-state index contributed by atoms with van der Waals surface area (Å²) in [6.45, 7) is 7.56. The summed E-state index contributed by atoms with van der Waals surface area (Å²) in [6.07, 6.45) is 2.22. The lowest BCUT2D eigenvalue weighted by Crippen LogP contribution is -2.29. The summed E-state index contributed by atoms with van der Waals surface area (Å²) in [5.41, 5.74) is 0.915. The van der Waals surface area contributed by atoms with E-state index in [-0.39, 0.29) is 33.7 Å². The van der Waals surface area contributed by atoms with Crippen LogP contribution in [0.5, 0.6) is 11.5 Å². The molecule has 3 aromatic rings. The van der Waals surface area contributed by atoms with Crippen molar-refractivity contribution in [1.82, 2.24) is 4.98 Å². The Morgan fingerprint density at radius 1 is 1.21 bits per heavy atom. The molecule has 1 saturated heterocycles. The number of ether oxygens (including phenoxy) is 2. The van der Waals surface area contributed by atoms with Gasteiger partial charge in [-0.25, -0.2) is 9.78 Å². The first kappa shape index (κ1) is 26.6. The summed E-state index contributed by atoms with van der Waals surface area (Å²) in [7, 11) is 0. The van der Waals surface area contributed by atoms with Gasteiger partial charge in [-0.1, -0.05) is 55.2 Å². The molecule has 1 aliphatic heterocycles. The molecule has 2 aromatic carbocycles. The lowest BCUT2D eigenvalue weighted by atomic mass is 9.95. The van der Waals surface area contributed by atoms with E-state index >= 15 is 0 Å². The molecule has 0 aliphatic carbocycles. The van der Waals surface area contributed by atoms with Gasteiger partial charge in [0.15, 0.2) is 5.13 Å². The minimum Gasteiger partial charge on any atom is -0.508 e. The lowest BCUT2D eigenvalue weighted by molar-refractivity contribution is -0.132. The van der Waals surface area contributed by atoms with Crippen molar-refractivity contribution < 1.29 is 34.1 Å². The van der Waals surface area contributed by atoms with Crippen LogP contribution >= 0.6 is 11.3 Å². The number of benzene rings is 2. The second-order valence-electron chi connectivity index (χ2n) is 8.44. The summed E-state index contributed by atoms with van der Waals surface area (Å²) in [6, 6.07) is 11.5. The van der Waals surface area contributed by atoms with Crippen LogP contribution in [-0.2, 0) is 14.3 Å². The molecule has 10 heteroatoms. The minimum absolute atomic E-state index is 0.00453. The van der Waals surface area contributed by atoms with Gasteiger partial charge in [-0.05, 0) is 43.2 Å². The molecule has 0 radical (unpaired) electrons. The SMILES string of the molecule is C=CCOC(=O)c1sc(N2C(=O)C(=O)C(=C(O)c3cccc(OCCC)c3)C2c2ccc(O)cc2)nc1C. The van der Waals surface area contributed by atoms with Gasteiger partial charge in [-0.3, -0.25) is 14.5 Å². The van der Waals surface area contributed by atoms with Gasteiger partial charge in [0.2, 0.25) is 0 Å². The second kappa shape index (κ2) is 11.3. The number of aryl methyl sites for hydroxylation is 1. The highest BCUT2D eigenvalue weighted by Crippen LogP contribution is 2.44. The molecule has 0 spiro atoms. The second-order valence-corrected chi connectivity index (χ2v) is 9.41. The number of amides is 1. The first-order valence-corrected chi connectivity index (χ1v) is 12.7. The molecule has 1 aliphatic rings. The quantitative estimate of drug-likeness (QED) is 0.130. The van der Waals surface area contributed by atoms with Crippen LogP contribution in [0.25, 0.3) is 5.76 Å². The summed E-state index contributed by atoms with van der Waals surface area (Å²) in [5, 5.41) is 21.2. The lowest BCUT2D eigenvalue weighted by Gasteiger charge is -2.23. The van der Waals surface area contributed by atoms with E-state index in [1.165, 1.54) is 18.2 Å². The fourth-order valence-electron chi connectivity index (χ4n) is 3.99. The van der Waals surface area contributed by atoms with Gasteiger partial charge < -0.3 is 19.7 Å². The maximum atomic E-state index is 13.4. The van der Waals surface area contributed by atoms with E-state index in [9.17, 15) is 24.6 Å². The number of Topliss-reactive ketones (excluding diaryl/α,β-unsaturated/α-hetero) is 1. The number of thiazole rings is 1. The predicted octanol–water partition coefficient (Wildman–Crippen LogP) is 4.92. The number of aliphatic hydroxyl groups excluding tert-OH is 1. The van der Waals surface area contributed by atoms with E-state index in [1.807, 2.05) is 6.92 Å². The zero-order valence-corrected chi connectivity index (χ0v) is 21.7. The molecule has 38 heavy (non-hydrogen) atoms. The molecule has 9 nitrogen and oxygen atoms in total. The highest BCUT2D eigenvalue weighted by atomic mass is 32.1. The molecule has 0 saturated carbocycles. The summed E-state index contributed by atoms with van der Waals surface area (Å²) < 4.78 is 10.8. The van der Waals surface area contributed by atoms with Crippen LogP contribution in [0.3, 0.4) is 0 Å². The Labute approximate surface area is 223 Å². The highest BCUT2D eigenvalue weighted by Gasteiger charge is 2.48. The highest BCUT2D eigenvalue weighted by molar-refractivity contribution is 7.17. The molecule has 4 rings (SSSR count). The Balaban J connectivity index is 1.85. The number of hydrogen-bond acceptors (Lipinski definition) is 9. The molecular weight excluding hydrogens is 508 g/mol. The number of phenols is 1. The number of anilines is 1. The van der Waals surface area contributed by atoms with Crippen LogP contribution in [0, 0.1) is 6.92 Å². The van der Waals surface area contributed by atoms with Crippen LogP contribution in [0.15, 0.2) is 66.8 Å². The fraction of sp³-hybridized carbons (Fsp3) is 0.214. The number of carbonyl (C=O) groups is 3. The van der Waals surface area contributed by atoms with E-state index in [1.54, 1.807) is 43.3 Å². The number of rotatable bonds is 9. The van der Waals surface area contributed by atoms with Crippen LogP contribution in [0.4, 0.5) is 5.13 Å². The zero-order chi connectivity index (χ0) is 27.4. The van der Waals surface area contributed by atoms with Crippen molar-refractivity contribution in [3.05, 3.63) is 88.5 Å². The number of hydrogen-bond donors (Lipinski definition) is 2.